The van der Waals surface area contributed by atoms with Crippen molar-refractivity contribution in [3.8, 4) is 5.75 Å². The van der Waals surface area contributed by atoms with Crippen LogP contribution in [0.25, 0.3) is 33.2 Å². The Morgan fingerprint density at radius 3 is 1.95 bits per heavy atom. The second-order valence-corrected chi connectivity index (χ2v) is 8.87. The molecule has 0 aliphatic carbocycles. The predicted octanol–water partition coefficient (Wildman–Crippen LogP) is 8.89. The number of oxazole rings is 1. The number of nitrogens with zero attached hydrogens (tertiary/aromatic N) is 1. The van der Waals surface area contributed by atoms with E-state index < -0.39 is 23.5 Å². The fraction of sp³-hybridized carbons (Fsp3) is 0.138. The minimum atomic E-state index is -4.52. The Hall–Kier alpha value is -4.27. The van der Waals surface area contributed by atoms with Crippen LogP contribution in [0.15, 0.2) is 77.2 Å². The lowest BCUT2D eigenvalue weighted by atomic mass is 9.88. The number of ether oxygens (including phenoxy) is 1. The summed E-state index contributed by atoms with van der Waals surface area (Å²) in [4.78, 5) is 4.50. The van der Waals surface area contributed by atoms with Crippen molar-refractivity contribution < 1.29 is 35.5 Å². The third-order valence-corrected chi connectivity index (χ3v) is 6.51. The summed E-state index contributed by atoms with van der Waals surface area (Å²) in [5.41, 5.74) is 1.32. The molecular formula is C29H17F6NO2. The van der Waals surface area contributed by atoms with Gasteiger partial charge in [-0.2, -0.15) is 26.3 Å². The lowest BCUT2D eigenvalue weighted by Crippen LogP contribution is -2.09. The Kier molecular flexibility index (Phi) is 5.31. The van der Waals surface area contributed by atoms with E-state index in [4.69, 9.17) is 9.15 Å². The number of halogens is 6. The zero-order valence-electron chi connectivity index (χ0n) is 19.7. The molecule has 1 aliphatic heterocycles. The van der Waals surface area contributed by atoms with Gasteiger partial charge in [0, 0.05) is 34.4 Å². The third-order valence-electron chi connectivity index (χ3n) is 6.51. The van der Waals surface area contributed by atoms with Crippen molar-refractivity contribution in [1.29, 1.82) is 0 Å². The molecule has 0 saturated heterocycles. The molecule has 1 aliphatic rings. The second-order valence-electron chi connectivity index (χ2n) is 8.87. The number of aryl methyl sites for hydroxylation is 1. The molecule has 192 valence electrons. The van der Waals surface area contributed by atoms with E-state index >= 15 is 0 Å². The van der Waals surface area contributed by atoms with E-state index in [2.05, 4.69) is 4.98 Å². The molecule has 0 saturated carbocycles. The van der Waals surface area contributed by atoms with Gasteiger partial charge in [0.2, 0.25) is 0 Å². The molecule has 4 aromatic carbocycles. The summed E-state index contributed by atoms with van der Waals surface area (Å²) in [5, 5.41) is 1.38. The first-order valence-electron chi connectivity index (χ1n) is 11.7. The fourth-order valence-corrected chi connectivity index (χ4v) is 4.72. The van der Waals surface area contributed by atoms with E-state index in [-0.39, 0.29) is 5.76 Å². The van der Waals surface area contributed by atoms with Gasteiger partial charge in [0.1, 0.15) is 17.0 Å². The van der Waals surface area contributed by atoms with Crippen LogP contribution in [0.1, 0.15) is 40.6 Å². The Bertz CT molecular complexity index is 1730. The minimum Gasteiger partial charge on any atom is -0.455 e. The highest BCUT2D eigenvalue weighted by Gasteiger charge is 2.33. The van der Waals surface area contributed by atoms with E-state index in [1.165, 1.54) is 24.3 Å². The van der Waals surface area contributed by atoms with Crippen molar-refractivity contribution >= 4 is 33.2 Å². The van der Waals surface area contributed by atoms with Gasteiger partial charge in [-0.3, -0.25) is 0 Å². The number of fused-ring (bicyclic) bond motifs is 2. The highest BCUT2D eigenvalue weighted by atomic mass is 19.4. The molecule has 0 atom stereocenters. The van der Waals surface area contributed by atoms with Crippen molar-refractivity contribution in [2.24, 2.45) is 0 Å². The summed E-state index contributed by atoms with van der Waals surface area (Å²) in [5.74, 6) is 1.17. The van der Waals surface area contributed by atoms with Gasteiger partial charge in [0.25, 0.3) is 0 Å². The number of rotatable bonds is 3. The Morgan fingerprint density at radius 2 is 1.37 bits per heavy atom. The SMILES string of the molecule is CCc1nc2cc3c4c(cccc4c2o1)C(c1ccc(C(F)(F)F)cc1)=C(c1ccc(C(F)(F)F)cc1)O3. The van der Waals surface area contributed by atoms with Crippen LogP contribution in [0, 0.1) is 0 Å². The van der Waals surface area contributed by atoms with Crippen LogP contribution in [0.2, 0.25) is 0 Å². The standard InChI is InChI=1S/C29H17F6NO2/c1-2-23-36-21-14-22-25-19(4-3-5-20(25)27(21)38-23)24(15-6-10-17(11-7-15)28(30,31)32)26(37-22)16-8-12-18(13-9-16)29(33,34)35/h3-14H,2H2,1H3. The summed E-state index contributed by atoms with van der Waals surface area (Å²) in [6.07, 6.45) is -8.48. The molecule has 38 heavy (non-hydrogen) atoms. The van der Waals surface area contributed by atoms with Crippen molar-refractivity contribution in [2.75, 3.05) is 0 Å². The monoisotopic (exact) mass is 525 g/mol. The summed E-state index contributed by atoms with van der Waals surface area (Å²) >= 11 is 0. The molecular weight excluding hydrogens is 508 g/mol. The molecule has 0 N–H and O–H groups in total. The van der Waals surface area contributed by atoms with Gasteiger partial charge < -0.3 is 9.15 Å². The highest BCUT2D eigenvalue weighted by molar-refractivity contribution is 6.16. The van der Waals surface area contributed by atoms with E-state index in [9.17, 15) is 26.3 Å². The zero-order valence-corrected chi connectivity index (χ0v) is 19.7. The van der Waals surface area contributed by atoms with E-state index in [1.807, 2.05) is 13.0 Å². The molecule has 2 heterocycles. The summed E-state index contributed by atoms with van der Waals surface area (Å²) in [6, 6.07) is 16.2. The summed E-state index contributed by atoms with van der Waals surface area (Å²) < 4.78 is 91.7. The van der Waals surface area contributed by atoms with Gasteiger partial charge in [-0.05, 0) is 35.4 Å². The van der Waals surface area contributed by atoms with E-state index in [0.29, 0.717) is 62.2 Å². The first-order valence-corrected chi connectivity index (χ1v) is 11.7. The predicted molar refractivity (Wildman–Crippen MR) is 130 cm³/mol. The van der Waals surface area contributed by atoms with Crippen LogP contribution < -0.4 is 4.74 Å². The number of alkyl halides is 6. The molecule has 0 bridgehead atoms. The molecule has 1 aromatic heterocycles. The maximum atomic E-state index is 13.3. The van der Waals surface area contributed by atoms with Gasteiger partial charge >= 0.3 is 12.4 Å². The molecule has 3 nitrogen and oxygen atoms in total. The first-order chi connectivity index (χ1) is 18.0. The molecule has 0 spiro atoms. The van der Waals surface area contributed by atoms with Crippen molar-refractivity contribution in [3.05, 3.63) is 107 Å². The molecule has 0 amide bonds. The Morgan fingerprint density at radius 1 is 0.763 bits per heavy atom. The van der Waals surface area contributed by atoms with Gasteiger partial charge in [-0.25, -0.2) is 4.98 Å². The fourth-order valence-electron chi connectivity index (χ4n) is 4.72. The van der Waals surface area contributed by atoms with Crippen LogP contribution in [0.4, 0.5) is 26.3 Å². The largest absolute Gasteiger partial charge is 0.455 e. The van der Waals surface area contributed by atoms with Crippen LogP contribution in [0.3, 0.4) is 0 Å². The zero-order chi connectivity index (χ0) is 26.8. The lowest BCUT2D eigenvalue weighted by molar-refractivity contribution is -0.138. The van der Waals surface area contributed by atoms with Crippen LogP contribution in [0.5, 0.6) is 5.75 Å². The first kappa shape index (κ1) is 24.1. The summed E-state index contributed by atoms with van der Waals surface area (Å²) in [6.45, 7) is 1.90. The minimum absolute atomic E-state index is 0.219. The molecule has 5 aromatic rings. The van der Waals surface area contributed by atoms with Crippen molar-refractivity contribution in [1.82, 2.24) is 4.98 Å². The quantitative estimate of drug-likeness (QED) is 0.221. The molecule has 6 rings (SSSR count). The second kappa shape index (κ2) is 8.37. The van der Waals surface area contributed by atoms with E-state index in [1.54, 1.807) is 18.2 Å². The Labute approximate surface area is 212 Å². The number of benzene rings is 4. The van der Waals surface area contributed by atoms with Gasteiger partial charge in [-0.15, -0.1) is 0 Å². The van der Waals surface area contributed by atoms with Crippen molar-refractivity contribution in [3.63, 3.8) is 0 Å². The normalized spacial score (nSPS) is 13.9. The maximum absolute atomic E-state index is 13.3. The average Bonchev–Trinajstić information content (AvgIpc) is 3.31. The smallest absolute Gasteiger partial charge is 0.416 e. The Balaban J connectivity index is 1.62. The summed E-state index contributed by atoms with van der Waals surface area (Å²) in [7, 11) is 0. The third kappa shape index (κ3) is 3.89. The average molecular weight is 525 g/mol. The van der Waals surface area contributed by atoms with Crippen LogP contribution in [-0.4, -0.2) is 4.98 Å². The van der Waals surface area contributed by atoms with Crippen LogP contribution >= 0.6 is 0 Å². The number of hydrogen-bond acceptors (Lipinski definition) is 3. The van der Waals surface area contributed by atoms with Gasteiger partial charge in [-0.1, -0.05) is 49.4 Å². The van der Waals surface area contributed by atoms with E-state index in [0.717, 1.165) is 24.3 Å². The highest BCUT2D eigenvalue weighted by Crippen LogP contribution is 2.48. The molecule has 0 unspecified atom stereocenters. The molecule has 0 fully saturated rings. The van der Waals surface area contributed by atoms with Gasteiger partial charge in [0.05, 0.1) is 11.1 Å². The van der Waals surface area contributed by atoms with Crippen LogP contribution in [-0.2, 0) is 18.8 Å². The number of hydrogen-bond donors (Lipinski definition) is 0. The molecule has 0 radical (unpaired) electrons. The van der Waals surface area contributed by atoms with Crippen molar-refractivity contribution in [2.45, 2.75) is 25.7 Å². The maximum Gasteiger partial charge on any atom is 0.416 e. The van der Waals surface area contributed by atoms with Gasteiger partial charge in [0.15, 0.2) is 11.5 Å². The number of aromatic nitrogens is 1. The topological polar surface area (TPSA) is 35.3 Å². The lowest BCUT2D eigenvalue weighted by Gasteiger charge is -2.25. The molecule has 9 heteroatoms.